The number of amides is 1. The zero-order chi connectivity index (χ0) is 26.4. The summed E-state index contributed by atoms with van der Waals surface area (Å²) < 4.78 is 14.4. The number of allylic oxidation sites excluding steroid dienone is 1. The number of carbonyl (C=O) groups excluding carboxylic acids is 1. The van der Waals surface area contributed by atoms with Crippen molar-refractivity contribution in [1.29, 1.82) is 0 Å². The summed E-state index contributed by atoms with van der Waals surface area (Å²) in [5.41, 5.74) is 14.8. The minimum absolute atomic E-state index is 0.0219. The van der Waals surface area contributed by atoms with E-state index < -0.39 is 5.82 Å². The molecule has 1 atom stereocenters. The molecule has 4 rings (SSSR count). The Morgan fingerprint density at radius 3 is 2.68 bits per heavy atom. The molecule has 7 N–H and O–H groups in total. The molecule has 11 heteroatoms. The lowest BCUT2D eigenvalue weighted by atomic mass is 10.0. The molecule has 1 amide bonds. The average molecular weight is 529 g/mol. The number of anilines is 2. The molecule has 37 heavy (non-hydrogen) atoms. The van der Waals surface area contributed by atoms with E-state index >= 15 is 0 Å². The van der Waals surface area contributed by atoms with Gasteiger partial charge in [0.2, 0.25) is 5.91 Å². The molecule has 1 aromatic heterocycles. The molecule has 0 saturated carbocycles. The molecule has 2 aliphatic heterocycles. The third-order valence-corrected chi connectivity index (χ3v) is 6.84. The highest BCUT2D eigenvalue weighted by molar-refractivity contribution is 6.30. The van der Waals surface area contributed by atoms with Gasteiger partial charge >= 0.3 is 0 Å². The van der Waals surface area contributed by atoms with Crippen LogP contribution in [0.1, 0.15) is 18.4 Å². The van der Waals surface area contributed by atoms with Crippen molar-refractivity contribution >= 4 is 34.7 Å². The van der Waals surface area contributed by atoms with Crippen molar-refractivity contribution < 1.29 is 9.18 Å². The van der Waals surface area contributed by atoms with Crippen LogP contribution in [0, 0.1) is 5.82 Å². The Morgan fingerprint density at radius 1 is 1.22 bits per heavy atom. The number of aromatic nitrogens is 1. The lowest BCUT2D eigenvalue weighted by molar-refractivity contribution is -0.116. The molecule has 3 heterocycles. The van der Waals surface area contributed by atoms with Crippen LogP contribution in [0.2, 0.25) is 5.02 Å². The van der Waals surface area contributed by atoms with E-state index in [1.54, 1.807) is 24.4 Å². The van der Waals surface area contributed by atoms with Gasteiger partial charge in [-0.05, 0) is 50.4 Å². The van der Waals surface area contributed by atoms with E-state index in [0.717, 1.165) is 39.1 Å². The van der Waals surface area contributed by atoms with Crippen molar-refractivity contribution in [1.82, 2.24) is 20.1 Å². The van der Waals surface area contributed by atoms with Crippen LogP contribution in [0.15, 0.2) is 54.0 Å². The highest BCUT2D eigenvalue weighted by atomic mass is 35.5. The largest absolute Gasteiger partial charge is 0.399 e. The van der Waals surface area contributed by atoms with Gasteiger partial charge in [0.05, 0.1) is 11.7 Å². The number of pyridine rings is 1. The monoisotopic (exact) mass is 528 g/mol. The predicted molar refractivity (Wildman–Crippen MR) is 146 cm³/mol. The number of nitrogens with zero attached hydrogens (tertiary/aromatic N) is 3. The third-order valence-electron chi connectivity index (χ3n) is 6.61. The molecular weight excluding hydrogens is 495 g/mol. The van der Waals surface area contributed by atoms with E-state index in [1.807, 2.05) is 0 Å². The van der Waals surface area contributed by atoms with Crippen LogP contribution >= 0.6 is 11.6 Å². The van der Waals surface area contributed by atoms with Crippen molar-refractivity contribution in [3.05, 3.63) is 70.4 Å². The SMILES string of the molecule is CN1CCN(CCC(=O)Nc2cc(NC(/C=C(\N)c3cc(Cl)ccc3F)=C(/N)C3CCN3)ccn2)CC1. The highest BCUT2D eigenvalue weighted by Crippen LogP contribution is 2.24. The van der Waals surface area contributed by atoms with Crippen molar-refractivity contribution in [2.45, 2.75) is 18.9 Å². The summed E-state index contributed by atoms with van der Waals surface area (Å²) in [4.78, 5) is 21.4. The first-order chi connectivity index (χ1) is 17.8. The molecule has 0 spiro atoms. The van der Waals surface area contributed by atoms with Crippen molar-refractivity contribution in [3.8, 4) is 0 Å². The highest BCUT2D eigenvalue weighted by Gasteiger charge is 2.22. The minimum atomic E-state index is -0.483. The maximum Gasteiger partial charge on any atom is 0.226 e. The van der Waals surface area contributed by atoms with Gasteiger partial charge in [-0.15, -0.1) is 0 Å². The standard InChI is InChI=1S/C26H34ClFN8O/c1-35-10-12-36(13-11-35)9-6-25(37)34-24-15-18(4-7-32-24)33-23(26(30)22-5-8-31-22)16-21(29)19-14-17(27)2-3-20(19)28/h2-4,7,14-16,22,31H,5-6,8-13,29-30H2,1H3,(H2,32,33,34,37)/b21-16-,26-23+. The zero-order valence-corrected chi connectivity index (χ0v) is 21.7. The summed E-state index contributed by atoms with van der Waals surface area (Å²) in [6.45, 7) is 5.51. The minimum Gasteiger partial charge on any atom is -0.399 e. The molecule has 2 aromatic rings. The summed E-state index contributed by atoms with van der Waals surface area (Å²) in [6, 6.07) is 7.66. The molecule has 2 fully saturated rings. The number of nitrogens with one attached hydrogen (secondary N) is 3. The second-order valence-electron chi connectivity index (χ2n) is 9.39. The molecule has 0 radical (unpaired) electrons. The second kappa shape index (κ2) is 12.4. The Bertz CT molecular complexity index is 1170. The van der Waals surface area contributed by atoms with Gasteiger partial charge in [-0.3, -0.25) is 4.79 Å². The molecule has 2 aliphatic rings. The first-order valence-electron chi connectivity index (χ1n) is 12.4. The van der Waals surface area contributed by atoms with Crippen LogP contribution in [0.5, 0.6) is 0 Å². The fraction of sp³-hybridized carbons (Fsp3) is 0.385. The molecule has 198 valence electrons. The molecule has 0 bridgehead atoms. The summed E-state index contributed by atoms with van der Waals surface area (Å²) in [7, 11) is 2.10. The van der Waals surface area contributed by atoms with E-state index in [4.69, 9.17) is 23.1 Å². The van der Waals surface area contributed by atoms with Crippen molar-refractivity contribution in [2.75, 3.05) is 56.9 Å². The summed E-state index contributed by atoms with van der Waals surface area (Å²) >= 11 is 6.05. The summed E-state index contributed by atoms with van der Waals surface area (Å²) in [6.07, 6.45) is 4.45. The first-order valence-corrected chi connectivity index (χ1v) is 12.8. The molecule has 1 aromatic carbocycles. The summed E-state index contributed by atoms with van der Waals surface area (Å²) in [5, 5.41) is 9.77. The average Bonchev–Trinajstić information content (AvgIpc) is 2.84. The normalized spacial score (nSPS) is 19.6. The number of piperazine rings is 1. The van der Waals surface area contributed by atoms with Crippen molar-refractivity contribution in [3.63, 3.8) is 0 Å². The smallest absolute Gasteiger partial charge is 0.226 e. The van der Waals surface area contributed by atoms with Gasteiger partial charge in [-0.1, -0.05) is 11.6 Å². The van der Waals surface area contributed by atoms with Gasteiger partial charge in [0, 0.05) is 79.1 Å². The van der Waals surface area contributed by atoms with Gasteiger partial charge < -0.3 is 37.2 Å². The van der Waals surface area contributed by atoms with Crippen molar-refractivity contribution in [2.24, 2.45) is 11.5 Å². The number of nitrogens with two attached hydrogens (primary N) is 2. The molecule has 1 unspecified atom stereocenters. The number of hydrogen-bond acceptors (Lipinski definition) is 8. The number of likely N-dealkylation sites (N-methyl/N-ethyl adjacent to an activating group) is 1. The third kappa shape index (κ3) is 7.42. The van der Waals surface area contributed by atoms with Crippen LogP contribution in [0.25, 0.3) is 5.70 Å². The molecule has 0 aliphatic carbocycles. The maximum absolute atomic E-state index is 14.4. The molecule has 2 saturated heterocycles. The Labute approximate surface area is 221 Å². The quantitative estimate of drug-likeness (QED) is 0.314. The fourth-order valence-corrected chi connectivity index (χ4v) is 4.33. The predicted octanol–water partition coefficient (Wildman–Crippen LogP) is 2.39. The molecule has 9 nitrogen and oxygen atoms in total. The van der Waals surface area contributed by atoms with Gasteiger partial charge in [0.25, 0.3) is 0 Å². The fourth-order valence-electron chi connectivity index (χ4n) is 4.15. The Morgan fingerprint density at radius 2 is 1.97 bits per heavy atom. The summed E-state index contributed by atoms with van der Waals surface area (Å²) in [5.74, 6) is -0.160. The lowest BCUT2D eigenvalue weighted by Gasteiger charge is -2.32. The van der Waals surface area contributed by atoms with Crippen LogP contribution in [-0.4, -0.2) is 73.0 Å². The van der Waals surface area contributed by atoms with Crippen LogP contribution in [0.4, 0.5) is 15.9 Å². The van der Waals surface area contributed by atoms with Gasteiger partial charge in [-0.2, -0.15) is 0 Å². The number of benzene rings is 1. The van der Waals surface area contributed by atoms with Gasteiger partial charge in [-0.25, -0.2) is 9.37 Å². The van der Waals surface area contributed by atoms with E-state index in [2.05, 4.69) is 37.8 Å². The van der Waals surface area contributed by atoms with E-state index in [0.29, 0.717) is 40.9 Å². The second-order valence-corrected chi connectivity index (χ2v) is 9.82. The lowest BCUT2D eigenvalue weighted by Crippen LogP contribution is -2.47. The van der Waals surface area contributed by atoms with Crippen LogP contribution < -0.4 is 27.4 Å². The first kappa shape index (κ1) is 26.9. The Kier molecular flexibility index (Phi) is 8.99. The number of hydrogen-bond donors (Lipinski definition) is 5. The van der Waals surface area contributed by atoms with Crippen LogP contribution in [-0.2, 0) is 4.79 Å². The van der Waals surface area contributed by atoms with Gasteiger partial charge in [0.15, 0.2) is 0 Å². The number of rotatable bonds is 9. The Hall–Kier alpha value is -3.18. The zero-order valence-electron chi connectivity index (χ0n) is 20.9. The van der Waals surface area contributed by atoms with E-state index in [9.17, 15) is 9.18 Å². The topological polar surface area (TPSA) is 125 Å². The van der Waals surface area contributed by atoms with E-state index in [-0.39, 0.29) is 23.2 Å². The maximum atomic E-state index is 14.4. The number of carbonyl (C=O) groups is 1. The van der Waals surface area contributed by atoms with Crippen LogP contribution in [0.3, 0.4) is 0 Å². The van der Waals surface area contributed by atoms with Gasteiger partial charge in [0.1, 0.15) is 11.6 Å². The molecular formula is C26H34ClFN8O. The Balaban J connectivity index is 1.46. The van der Waals surface area contributed by atoms with E-state index in [1.165, 1.54) is 18.2 Å². The number of halogens is 2.